The number of amides is 1. The van der Waals surface area contributed by atoms with Crippen LogP contribution in [0.15, 0.2) is 18.2 Å². The molecule has 0 heterocycles. The quantitative estimate of drug-likeness (QED) is 0.844. The molecule has 2 N–H and O–H groups in total. The summed E-state index contributed by atoms with van der Waals surface area (Å²) >= 11 is 0. The van der Waals surface area contributed by atoms with E-state index in [9.17, 15) is 13.6 Å². The molecule has 92 valence electrons. The minimum Gasteiger partial charge on any atom is -0.323 e. The molecule has 0 atom stereocenters. The zero-order valence-corrected chi connectivity index (χ0v) is 9.52. The van der Waals surface area contributed by atoms with Crippen molar-refractivity contribution in [3.63, 3.8) is 0 Å². The van der Waals surface area contributed by atoms with Crippen LogP contribution in [-0.4, -0.2) is 19.5 Å². The molecule has 0 aromatic heterocycles. The smallest absolute Gasteiger partial charge is 0.231 e. The van der Waals surface area contributed by atoms with Crippen molar-refractivity contribution in [2.75, 3.05) is 18.9 Å². The van der Waals surface area contributed by atoms with Crippen molar-refractivity contribution < 1.29 is 13.6 Å². The van der Waals surface area contributed by atoms with E-state index in [4.69, 9.17) is 0 Å². The lowest BCUT2D eigenvalue weighted by atomic mass is 10.1. The van der Waals surface area contributed by atoms with Crippen LogP contribution in [-0.2, 0) is 4.79 Å². The van der Waals surface area contributed by atoms with Gasteiger partial charge in [-0.1, -0.05) is 0 Å². The second kappa shape index (κ2) is 4.41. The largest absolute Gasteiger partial charge is 0.323 e. The Morgan fingerprint density at radius 3 is 2.65 bits per heavy atom. The van der Waals surface area contributed by atoms with E-state index < -0.39 is 17.0 Å². The fourth-order valence-corrected chi connectivity index (χ4v) is 1.82. The van der Waals surface area contributed by atoms with Crippen LogP contribution in [0.4, 0.5) is 14.5 Å². The summed E-state index contributed by atoms with van der Waals surface area (Å²) in [6.07, 6.45) is 1.59. The summed E-state index contributed by atoms with van der Waals surface area (Å²) in [5.41, 5.74) is -0.394. The van der Waals surface area contributed by atoms with Crippen LogP contribution < -0.4 is 10.6 Å². The van der Waals surface area contributed by atoms with Gasteiger partial charge in [0.1, 0.15) is 11.6 Å². The van der Waals surface area contributed by atoms with Crippen LogP contribution in [0.25, 0.3) is 0 Å². The highest BCUT2D eigenvalue weighted by atomic mass is 19.1. The summed E-state index contributed by atoms with van der Waals surface area (Å²) in [5.74, 6) is -1.62. The molecule has 0 bridgehead atoms. The van der Waals surface area contributed by atoms with Crippen molar-refractivity contribution in [1.29, 1.82) is 0 Å². The van der Waals surface area contributed by atoms with Crippen molar-refractivity contribution in [3.8, 4) is 0 Å². The van der Waals surface area contributed by atoms with Crippen LogP contribution in [0.1, 0.15) is 12.8 Å². The van der Waals surface area contributed by atoms with Crippen molar-refractivity contribution >= 4 is 11.6 Å². The first-order valence-corrected chi connectivity index (χ1v) is 5.48. The Morgan fingerprint density at radius 1 is 1.41 bits per heavy atom. The summed E-state index contributed by atoms with van der Waals surface area (Å²) in [6.45, 7) is 0.571. The van der Waals surface area contributed by atoms with Crippen molar-refractivity contribution in [2.24, 2.45) is 5.41 Å². The van der Waals surface area contributed by atoms with Crippen LogP contribution in [0.5, 0.6) is 0 Å². The number of nitrogens with one attached hydrogen (secondary N) is 2. The molecule has 0 aliphatic heterocycles. The summed E-state index contributed by atoms with van der Waals surface area (Å²) in [4.78, 5) is 11.9. The number of hydrogen-bond acceptors (Lipinski definition) is 2. The third-order valence-corrected chi connectivity index (χ3v) is 3.03. The Labute approximate surface area is 98.2 Å². The van der Waals surface area contributed by atoms with Gasteiger partial charge in [0.2, 0.25) is 5.91 Å². The van der Waals surface area contributed by atoms with Crippen LogP contribution >= 0.6 is 0 Å². The second-order valence-electron chi connectivity index (χ2n) is 4.39. The molecule has 1 fully saturated rings. The number of rotatable bonds is 4. The molecule has 3 nitrogen and oxygen atoms in total. The first-order valence-electron chi connectivity index (χ1n) is 5.48. The average molecular weight is 240 g/mol. The number of carbonyl (C=O) groups excluding carboxylic acids is 1. The molecule has 1 aromatic carbocycles. The van der Waals surface area contributed by atoms with Gasteiger partial charge < -0.3 is 10.6 Å². The van der Waals surface area contributed by atoms with Gasteiger partial charge in [-0.25, -0.2) is 8.78 Å². The highest BCUT2D eigenvalue weighted by Crippen LogP contribution is 2.45. The van der Waals surface area contributed by atoms with Gasteiger partial charge in [0, 0.05) is 12.6 Å². The first-order chi connectivity index (χ1) is 8.07. The Morgan fingerprint density at radius 2 is 2.12 bits per heavy atom. The van der Waals surface area contributed by atoms with Crippen LogP contribution in [0.2, 0.25) is 0 Å². The van der Waals surface area contributed by atoms with Crippen molar-refractivity contribution in [1.82, 2.24) is 5.32 Å². The van der Waals surface area contributed by atoms with Crippen molar-refractivity contribution in [3.05, 3.63) is 29.8 Å². The van der Waals surface area contributed by atoms with E-state index in [0.29, 0.717) is 6.54 Å². The monoisotopic (exact) mass is 240 g/mol. The summed E-state index contributed by atoms with van der Waals surface area (Å²) in [6, 6.07) is 3.11. The summed E-state index contributed by atoms with van der Waals surface area (Å²) in [7, 11) is 1.77. The third kappa shape index (κ3) is 2.44. The van der Waals surface area contributed by atoms with E-state index in [-0.39, 0.29) is 11.6 Å². The Balaban J connectivity index is 2.08. The van der Waals surface area contributed by atoms with Gasteiger partial charge in [-0.05, 0) is 32.0 Å². The number of benzene rings is 1. The van der Waals surface area contributed by atoms with E-state index in [1.165, 1.54) is 6.07 Å². The van der Waals surface area contributed by atoms with Crippen LogP contribution in [0.3, 0.4) is 0 Å². The minimum atomic E-state index is -0.751. The summed E-state index contributed by atoms with van der Waals surface area (Å²) in [5, 5.41) is 5.45. The lowest BCUT2D eigenvalue weighted by Gasteiger charge is -2.14. The van der Waals surface area contributed by atoms with Gasteiger partial charge in [-0.3, -0.25) is 4.79 Å². The maximum atomic E-state index is 13.3. The van der Waals surface area contributed by atoms with E-state index in [2.05, 4.69) is 10.6 Å². The lowest BCUT2D eigenvalue weighted by molar-refractivity contribution is -0.121. The van der Waals surface area contributed by atoms with Crippen molar-refractivity contribution in [2.45, 2.75) is 12.8 Å². The molecular weight excluding hydrogens is 226 g/mol. The zero-order chi connectivity index (χ0) is 12.5. The molecule has 0 unspecified atom stereocenters. The molecule has 1 amide bonds. The zero-order valence-electron chi connectivity index (χ0n) is 9.52. The van der Waals surface area contributed by atoms with Gasteiger partial charge in [-0.2, -0.15) is 0 Å². The molecule has 1 aromatic rings. The second-order valence-corrected chi connectivity index (χ2v) is 4.39. The molecule has 0 spiro atoms. The predicted octanol–water partition coefficient (Wildman–Crippen LogP) is 1.90. The topological polar surface area (TPSA) is 41.1 Å². The number of carbonyl (C=O) groups is 1. The van der Waals surface area contributed by atoms with Gasteiger partial charge in [0.15, 0.2) is 0 Å². The van der Waals surface area contributed by atoms with E-state index in [1.807, 2.05) is 0 Å². The molecule has 1 saturated carbocycles. The average Bonchev–Trinajstić information content (AvgIpc) is 3.04. The standard InChI is InChI=1S/C12H14F2N2O/c1-15-7-12(4-5-12)11(17)16-10-3-2-8(13)6-9(10)14/h2-3,6,15H,4-5,7H2,1H3,(H,16,17). The van der Waals surface area contributed by atoms with E-state index >= 15 is 0 Å². The van der Waals surface area contributed by atoms with Crippen LogP contribution in [0, 0.1) is 17.0 Å². The van der Waals surface area contributed by atoms with Gasteiger partial charge in [0.25, 0.3) is 0 Å². The number of anilines is 1. The predicted molar refractivity (Wildman–Crippen MR) is 60.6 cm³/mol. The first kappa shape index (κ1) is 12.0. The molecular formula is C12H14F2N2O. The molecule has 17 heavy (non-hydrogen) atoms. The molecule has 0 radical (unpaired) electrons. The number of hydrogen-bond donors (Lipinski definition) is 2. The normalized spacial score (nSPS) is 16.6. The highest BCUT2D eigenvalue weighted by Gasteiger charge is 2.49. The summed E-state index contributed by atoms with van der Waals surface area (Å²) < 4.78 is 26.0. The van der Waals surface area contributed by atoms with Gasteiger partial charge in [-0.15, -0.1) is 0 Å². The van der Waals surface area contributed by atoms with E-state index in [1.54, 1.807) is 7.05 Å². The molecule has 1 aliphatic rings. The Bertz CT molecular complexity index is 444. The molecule has 1 aliphatic carbocycles. The van der Waals surface area contributed by atoms with E-state index in [0.717, 1.165) is 25.0 Å². The fraction of sp³-hybridized carbons (Fsp3) is 0.417. The Hall–Kier alpha value is -1.49. The third-order valence-electron chi connectivity index (χ3n) is 3.03. The molecule has 5 heteroatoms. The SMILES string of the molecule is CNCC1(C(=O)Nc2ccc(F)cc2F)CC1. The molecule has 0 saturated heterocycles. The maximum absolute atomic E-state index is 13.3. The lowest BCUT2D eigenvalue weighted by Crippen LogP contribution is -2.32. The molecule has 2 rings (SSSR count). The van der Waals surface area contributed by atoms with Gasteiger partial charge in [0.05, 0.1) is 11.1 Å². The maximum Gasteiger partial charge on any atom is 0.231 e. The van der Waals surface area contributed by atoms with Gasteiger partial charge >= 0.3 is 0 Å². The highest BCUT2D eigenvalue weighted by molar-refractivity contribution is 5.97. The Kier molecular flexibility index (Phi) is 3.11. The fourth-order valence-electron chi connectivity index (χ4n) is 1.82. The minimum absolute atomic E-state index is 0.0266. The number of halogens is 2.